The van der Waals surface area contributed by atoms with Gasteiger partial charge in [-0.2, -0.15) is 5.26 Å². The van der Waals surface area contributed by atoms with Gasteiger partial charge in [-0.05, 0) is 6.08 Å². The van der Waals surface area contributed by atoms with Gasteiger partial charge in [0.05, 0.1) is 6.61 Å². The Morgan fingerprint density at radius 1 is 1.16 bits per heavy atom. The molecule has 136 valence electrons. The number of nitrogens with one attached hydrogen (secondary N) is 1. The van der Waals surface area contributed by atoms with Crippen LogP contribution in [0, 0.1) is 11.3 Å². The third kappa shape index (κ3) is 5.02. The van der Waals surface area contributed by atoms with Crippen molar-refractivity contribution in [2.75, 3.05) is 6.61 Å². The van der Waals surface area contributed by atoms with Crippen molar-refractivity contribution in [2.45, 2.75) is 44.8 Å². The van der Waals surface area contributed by atoms with E-state index in [4.69, 9.17) is 18.9 Å². The third-order valence-electron chi connectivity index (χ3n) is 3.11. The second-order valence-electron chi connectivity index (χ2n) is 5.10. The highest BCUT2D eigenvalue weighted by molar-refractivity contribution is 5.87. The number of hydrogen-bond acceptors (Lipinski definition) is 9. The maximum atomic E-state index is 11.7. The second-order valence-corrected chi connectivity index (χ2v) is 5.10. The van der Waals surface area contributed by atoms with Gasteiger partial charge in [0, 0.05) is 20.8 Å². The van der Waals surface area contributed by atoms with Gasteiger partial charge in [-0.15, -0.1) is 0 Å². The van der Waals surface area contributed by atoms with Gasteiger partial charge in [0.1, 0.15) is 6.07 Å². The summed E-state index contributed by atoms with van der Waals surface area (Å²) >= 11 is 0. The van der Waals surface area contributed by atoms with E-state index in [-0.39, 0.29) is 6.61 Å². The molecule has 1 amide bonds. The van der Waals surface area contributed by atoms with E-state index < -0.39 is 47.9 Å². The Morgan fingerprint density at radius 2 is 1.72 bits per heavy atom. The molecule has 1 rings (SSSR count). The first-order valence-corrected chi connectivity index (χ1v) is 7.16. The molecule has 4 atom stereocenters. The highest BCUT2D eigenvalue weighted by Gasteiger charge is 2.57. The van der Waals surface area contributed by atoms with Gasteiger partial charge in [0.2, 0.25) is 12.0 Å². The summed E-state index contributed by atoms with van der Waals surface area (Å²) in [5.41, 5.74) is -2.16. The highest BCUT2D eigenvalue weighted by Crippen LogP contribution is 2.30. The van der Waals surface area contributed by atoms with Crippen LogP contribution in [0.15, 0.2) is 12.7 Å². The lowest BCUT2D eigenvalue weighted by atomic mass is 9.94. The average Bonchev–Trinajstić information content (AvgIpc) is 2.51. The molecule has 1 saturated heterocycles. The van der Waals surface area contributed by atoms with Gasteiger partial charge in [-0.1, -0.05) is 6.58 Å². The summed E-state index contributed by atoms with van der Waals surface area (Å²) in [6.07, 6.45) is -3.22. The lowest BCUT2D eigenvalue weighted by Crippen LogP contribution is -2.69. The largest absolute Gasteiger partial charge is 0.456 e. The highest BCUT2D eigenvalue weighted by atomic mass is 16.7. The quantitative estimate of drug-likeness (QED) is 0.386. The molecule has 10 heteroatoms. The van der Waals surface area contributed by atoms with Crippen LogP contribution in [0.5, 0.6) is 0 Å². The van der Waals surface area contributed by atoms with Crippen LogP contribution in [0.1, 0.15) is 20.8 Å². The van der Waals surface area contributed by atoms with Crippen molar-refractivity contribution in [3.8, 4) is 6.07 Å². The van der Waals surface area contributed by atoms with E-state index in [2.05, 4.69) is 11.9 Å². The van der Waals surface area contributed by atoms with Gasteiger partial charge >= 0.3 is 17.9 Å². The van der Waals surface area contributed by atoms with E-state index in [1.54, 1.807) is 6.07 Å². The normalized spacial score (nSPS) is 28.0. The van der Waals surface area contributed by atoms with E-state index >= 15 is 0 Å². The molecule has 1 aliphatic rings. The van der Waals surface area contributed by atoms with Crippen molar-refractivity contribution in [3.63, 3.8) is 0 Å². The number of esters is 3. The zero-order valence-corrected chi connectivity index (χ0v) is 13.9. The maximum Gasteiger partial charge on any atom is 0.303 e. The van der Waals surface area contributed by atoms with Crippen molar-refractivity contribution >= 4 is 23.8 Å². The number of hydrogen-bond donors (Lipinski definition) is 1. The summed E-state index contributed by atoms with van der Waals surface area (Å²) in [5, 5.41) is 11.7. The number of ether oxygens (including phenoxy) is 4. The van der Waals surface area contributed by atoms with Crippen LogP contribution in [0.4, 0.5) is 0 Å². The first kappa shape index (κ1) is 20.1. The molecule has 0 spiro atoms. The molecule has 1 aliphatic heterocycles. The van der Waals surface area contributed by atoms with E-state index in [9.17, 15) is 24.4 Å². The Balaban J connectivity index is 3.34. The van der Waals surface area contributed by atoms with Gasteiger partial charge < -0.3 is 24.3 Å². The van der Waals surface area contributed by atoms with Crippen LogP contribution in [0.2, 0.25) is 0 Å². The third-order valence-corrected chi connectivity index (χ3v) is 3.11. The number of carbonyl (C=O) groups is 4. The monoisotopic (exact) mass is 354 g/mol. The van der Waals surface area contributed by atoms with Gasteiger partial charge in [0.25, 0.3) is 5.72 Å². The summed E-state index contributed by atoms with van der Waals surface area (Å²) < 4.78 is 20.5. The molecule has 0 bridgehead atoms. The molecule has 0 radical (unpaired) electrons. The predicted molar refractivity (Wildman–Crippen MR) is 79.3 cm³/mol. The molecule has 10 nitrogen and oxygen atoms in total. The molecule has 1 N–H and O–H groups in total. The zero-order valence-electron chi connectivity index (χ0n) is 13.9. The summed E-state index contributed by atoms with van der Waals surface area (Å²) in [6, 6.07) is 1.70. The molecular weight excluding hydrogens is 336 g/mol. The molecule has 1 fully saturated rings. The topological polar surface area (TPSA) is 141 Å². The molecule has 0 aromatic heterocycles. The SMILES string of the molecule is C=CC(=O)N[C@]1(C#N)OC[C@@H](OC(C)=O)[C@@H](OC(C)=O)[C@@H]1OC(C)=O. The lowest BCUT2D eigenvalue weighted by molar-refractivity contribution is -0.247. The number of nitrogens with zero attached hydrogens (tertiary/aromatic N) is 1. The molecule has 0 aromatic carbocycles. The maximum absolute atomic E-state index is 11.7. The molecular formula is C15H18N2O8. The summed E-state index contributed by atoms with van der Waals surface area (Å²) in [4.78, 5) is 45.8. The Kier molecular flexibility index (Phi) is 6.64. The van der Waals surface area contributed by atoms with Gasteiger partial charge in [-0.3, -0.25) is 19.2 Å². The fourth-order valence-corrected chi connectivity index (χ4v) is 2.25. The fourth-order valence-electron chi connectivity index (χ4n) is 2.25. The number of carbonyl (C=O) groups excluding carboxylic acids is 4. The Hall–Kier alpha value is -2.93. The smallest absolute Gasteiger partial charge is 0.303 e. The first-order valence-electron chi connectivity index (χ1n) is 7.16. The zero-order chi connectivity index (χ0) is 19.2. The summed E-state index contributed by atoms with van der Waals surface area (Å²) in [5.74, 6) is -3.09. The van der Waals surface area contributed by atoms with Crippen LogP contribution < -0.4 is 5.32 Å². The number of amides is 1. The molecule has 1 heterocycles. The van der Waals surface area contributed by atoms with Crippen LogP contribution in [0.25, 0.3) is 0 Å². The summed E-state index contributed by atoms with van der Waals surface area (Å²) in [6.45, 7) is 6.13. The van der Waals surface area contributed by atoms with Gasteiger partial charge in [0.15, 0.2) is 12.2 Å². The van der Waals surface area contributed by atoms with Crippen LogP contribution in [-0.2, 0) is 38.1 Å². The lowest BCUT2D eigenvalue weighted by Gasteiger charge is -2.44. The van der Waals surface area contributed by atoms with Gasteiger partial charge in [-0.25, -0.2) is 0 Å². The minimum Gasteiger partial charge on any atom is -0.456 e. The average molecular weight is 354 g/mol. The number of rotatable bonds is 5. The van der Waals surface area contributed by atoms with Crippen LogP contribution in [0.3, 0.4) is 0 Å². The molecule has 0 aliphatic carbocycles. The second kappa shape index (κ2) is 8.25. The van der Waals surface area contributed by atoms with E-state index in [0.29, 0.717) is 0 Å². The van der Waals surface area contributed by atoms with Crippen LogP contribution >= 0.6 is 0 Å². The Morgan fingerprint density at radius 3 is 2.16 bits per heavy atom. The Labute approximate surface area is 143 Å². The van der Waals surface area contributed by atoms with Crippen molar-refractivity contribution in [1.82, 2.24) is 5.32 Å². The van der Waals surface area contributed by atoms with Crippen molar-refractivity contribution in [2.24, 2.45) is 0 Å². The minimum absolute atomic E-state index is 0.389. The minimum atomic E-state index is -2.16. The van der Waals surface area contributed by atoms with Crippen LogP contribution in [-0.4, -0.2) is 54.5 Å². The van der Waals surface area contributed by atoms with E-state index in [1.807, 2.05) is 0 Å². The van der Waals surface area contributed by atoms with Crippen molar-refractivity contribution in [1.29, 1.82) is 5.26 Å². The Bertz CT molecular complexity index is 626. The fraction of sp³-hybridized carbons (Fsp3) is 0.533. The molecule has 0 saturated carbocycles. The van der Waals surface area contributed by atoms with E-state index in [0.717, 1.165) is 26.8 Å². The standard InChI is InChI=1S/C15H18N2O8/c1-5-12(21)17-15(7-16)14(25-10(4)20)13(24-9(3)19)11(6-22-15)23-8(2)18/h5,11,13-14H,1,6H2,2-4H3,(H,17,21)/t11-,13-,14+,15-/m1/s1. The predicted octanol–water partition coefficient (Wildman–Crippen LogP) is -0.666. The van der Waals surface area contributed by atoms with Crippen molar-refractivity contribution < 1.29 is 38.1 Å². The first-order chi connectivity index (χ1) is 11.6. The molecule has 25 heavy (non-hydrogen) atoms. The summed E-state index contributed by atoms with van der Waals surface area (Å²) in [7, 11) is 0. The van der Waals surface area contributed by atoms with E-state index in [1.165, 1.54) is 0 Å². The van der Waals surface area contributed by atoms with Crippen molar-refractivity contribution in [3.05, 3.63) is 12.7 Å². The molecule has 0 aromatic rings. The molecule has 0 unspecified atom stereocenters. The number of nitriles is 1.